The normalized spacial score (nSPS) is 11.0. The molecule has 0 amide bonds. The van der Waals surface area contributed by atoms with Crippen LogP contribution in [0, 0.1) is 13.8 Å². The Morgan fingerprint density at radius 1 is 0.519 bits per heavy atom. The summed E-state index contributed by atoms with van der Waals surface area (Å²) in [5.41, 5.74) is 10.8. The zero-order valence-corrected chi connectivity index (χ0v) is 36.3. The molecule has 0 saturated carbocycles. The third-order valence-electron chi connectivity index (χ3n) is 9.88. The van der Waals surface area contributed by atoms with E-state index in [0.29, 0.717) is 0 Å². The molecule has 0 unspecified atom stereocenters. The van der Waals surface area contributed by atoms with Crippen molar-refractivity contribution in [3.8, 4) is 22.3 Å². The topological polar surface area (TPSA) is 0 Å². The summed E-state index contributed by atoms with van der Waals surface area (Å²) in [5, 5.41) is 10.9. The first-order chi connectivity index (χ1) is 25.2. The molecule has 8 rings (SSSR count). The van der Waals surface area contributed by atoms with Gasteiger partial charge in [-0.3, -0.25) is 0 Å². The second-order valence-corrected chi connectivity index (χ2v) is 37.0. The summed E-state index contributed by atoms with van der Waals surface area (Å²) < 4.78 is 0. The molecule has 0 nitrogen and oxygen atoms in total. The number of halogens is 2. The molecule has 0 N–H and O–H groups in total. The molecule has 0 atom stereocenters. The summed E-state index contributed by atoms with van der Waals surface area (Å²) in [4.78, 5) is 0. The Morgan fingerprint density at radius 2 is 0.865 bits per heavy atom. The van der Waals surface area contributed by atoms with E-state index in [1.54, 1.807) is 0 Å². The molecule has 0 bridgehead atoms. The summed E-state index contributed by atoms with van der Waals surface area (Å²) in [6, 6.07) is 49.2. The van der Waals surface area contributed by atoms with Crippen LogP contribution in [0.2, 0.25) is 13.1 Å². The van der Waals surface area contributed by atoms with E-state index in [-0.39, 0.29) is 5.43 Å². The first-order valence-electron chi connectivity index (χ1n) is 18.5. The first-order valence-corrected chi connectivity index (χ1v) is 31.0. The van der Waals surface area contributed by atoms with Gasteiger partial charge in [0.2, 0.25) is 0 Å². The van der Waals surface area contributed by atoms with E-state index in [0.717, 1.165) is 12.8 Å². The van der Waals surface area contributed by atoms with Gasteiger partial charge in [0.25, 0.3) is 0 Å². The van der Waals surface area contributed by atoms with Crippen LogP contribution in [0.5, 0.6) is 0 Å². The van der Waals surface area contributed by atoms with Crippen LogP contribution in [0.25, 0.3) is 65.3 Å². The zero-order valence-electron chi connectivity index (χ0n) is 31.3. The Morgan fingerprint density at radius 3 is 1.23 bits per heavy atom. The van der Waals surface area contributed by atoms with Crippen molar-refractivity contribution in [1.82, 2.24) is 0 Å². The maximum atomic E-state index is 5.62. The number of fused-ring (bicyclic) bond motifs is 4. The van der Waals surface area contributed by atoms with E-state index < -0.39 is 18.0 Å². The maximum absolute atomic E-state index is 5.62. The van der Waals surface area contributed by atoms with Gasteiger partial charge in [-0.1, -0.05) is 123 Å². The van der Waals surface area contributed by atoms with Crippen LogP contribution in [-0.4, -0.2) is 5.43 Å². The van der Waals surface area contributed by atoms with Crippen LogP contribution in [-0.2, 0) is 30.8 Å². The molecule has 0 spiro atoms. The Balaban J connectivity index is 0.000000155. The van der Waals surface area contributed by atoms with Crippen molar-refractivity contribution >= 4 is 65.5 Å². The molecule has 4 heteroatoms. The Bertz CT molecular complexity index is 2320. The molecule has 0 fully saturated rings. The van der Waals surface area contributed by atoms with Crippen molar-refractivity contribution in [1.29, 1.82) is 0 Å². The second kappa shape index (κ2) is 17.7. The van der Waals surface area contributed by atoms with E-state index in [4.69, 9.17) is 17.0 Å². The van der Waals surface area contributed by atoms with Gasteiger partial charge in [-0.05, 0) is 70.5 Å². The molecule has 264 valence electrons. The Labute approximate surface area is 325 Å². The van der Waals surface area contributed by atoms with Crippen LogP contribution < -0.4 is 0 Å². The average molecular weight is 815 g/mol. The Hall–Kier alpha value is -3.26. The van der Waals surface area contributed by atoms with Gasteiger partial charge in [-0.25, -0.2) is 0 Å². The number of aryl methyl sites for hydroxylation is 4. The van der Waals surface area contributed by atoms with E-state index in [2.05, 4.69) is 174 Å². The summed E-state index contributed by atoms with van der Waals surface area (Å²) in [5.74, 6) is 0. The molecular weight excluding hydrogens is 767 g/mol. The molecule has 0 radical (unpaired) electrons. The number of benzene rings is 6. The molecule has 8 aromatic carbocycles. The van der Waals surface area contributed by atoms with Gasteiger partial charge in [0, 0.05) is 0 Å². The number of hydrogen-bond acceptors (Lipinski definition) is 0. The van der Waals surface area contributed by atoms with Crippen molar-refractivity contribution in [2.24, 2.45) is 0 Å². The molecular formula is C48H48Cl2SiZr-2. The monoisotopic (exact) mass is 812 g/mol. The molecule has 8 aromatic rings. The summed E-state index contributed by atoms with van der Waals surface area (Å²) in [7, 11) is 11.2. The quantitative estimate of drug-likeness (QED) is 0.116. The third kappa shape index (κ3) is 8.58. The fourth-order valence-electron chi connectivity index (χ4n) is 7.44. The average Bonchev–Trinajstić information content (AvgIpc) is 3.76. The van der Waals surface area contributed by atoms with Gasteiger partial charge in [-0.15, -0.1) is 69.1 Å². The molecule has 52 heavy (non-hydrogen) atoms. The SMILES string of the molecule is CCCc1cc2c(-c3cccc4cccc(C)c34)cccc2[cH-]1.CCCc1cc2c(-c3cccc4cccc(C)c34)cccc2[cH-]1.C[Si](C)=[Zr]([Cl])[Cl]. The van der Waals surface area contributed by atoms with Crippen LogP contribution >= 0.6 is 17.0 Å². The minimum atomic E-state index is -1.65. The number of hydrogen-bond donors (Lipinski definition) is 0. The van der Waals surface area contributed by atoms with Crippen LogP contribution in [0.3, 0.4) is 0 Å². The molecule has 0 aliphatic carbocycles. The van der Waals surface area contributed by atoms with Crippen molar-refractivity contribution in [3.05, 3.63) is 156 Å². The van der Waals surface area contributed by atoms with E-state index in [1.165, 1.54) is 100 Å². The Kier molecular flexibility index (Phi) is 13.1. The zero-order chi connectivity index (χ0) is 36.8. The summed E-state index contributed by atoms with van der Waals surface area (Å²) >= 11 is -1.65. The molecule has 0 aromatic heterocycles. The second-order valence-electron chi connectivity index (χ2n) is 14.1. The molecule has 0 aliphatic heterocycles. The molecule has 0 saturated heterocycles. The minimum absolute atomic E-state index is 0.224. The van der Waals surface area contributed by atoms with Gasteiger partial charge in [0.05, 0.1) is 0 Å². The van der Waals surface area contributed by atoms with Crippen molar-refractivity contribution in [2.75, 3.05) is 0 Å². The predicted octanol–water partition coefficient (Wildman–Crippen LogP) is 15.4. The molecule has 0 heterocycles. The van der Waals surface area contributed by atoms with Gasteiger partial charge in [0.15, 0.2) is 0 Å². The van der Waals surface area contributed by atoms with Crippen molar-refractivity contribution in [3.63, 3.8) is 0 Å². The van der Waals surface area contributed by atoms with Crippen molar-refractivity contribution in [2.45, 2.75) is 66.5 Å². The molecule has 0 aliphatic rings. The van der Waals surface area contributed by atoms with Crippen LogP contribution in [0.15, 0.2) is 133 Å². The summed E-state index contributed by atoms with van der Waals surface area (Å²) in [6.45, 7) is 13.2. The fraction of sp³-hybridized carbons (Fsp3) is 0.208. The van der Waals surface area contributed by atoms with Crippen LogP contribution in [0.1, 0.15) is 48.9 Å². The fourth-order valence-corrected chi connectivity index (χ4v) is 7.44. The van der Waals surface area contributed by atoms with Crippen molar-refractivity contribution < 1.29 is 18.0 Å². The van der Waals surface area contributed by atoms with E-state index in [9.17, 15) is 0 Å². The van der Waals surface area contributed by atoms with Gasteiger partial charge in [-0.2, -0.15) is 12.1 Å². The van der Waals surface area contributed by atoms with Gasteiger partial charge >= 0.3 is 53.5 Å². The van der Waals surface area contributed by atoms with E-state index in [1.807, 2.05) is 0 Å². The van der Waals surface area contributed by atoms with Gasteiger partial charge < -0.3 is 0 Å². The summed E-state index contributed by atoms with van der Waals surface area (Å²) in [6.07, 6.45) is 4.70. The standard InChI is InChI=1S/2C23H21.C2H6Si.2ClH.Zr/c2*1-3-7-17-14-19-11-6-12-20(22(19)15-17)21-13-5-10-18-9-4-8-16(2)23(18)21;1-3-2;;;/h2*4-6,8-15H,3,7H2,1-2H3;1-2H3;2*1H;/q2*-1;;;;+2/p-2. The van der Waals surface area contributed by atoms with Gasteiger partial charge in [0.1, 0.15) is 0 Å². The number of rotatable bonds is 6. The van der Waals surface area contributed by atoms with Crippen LogP contribution in [0.4, 0.5) is 0 Å². The predicted molar refractivity (Wildman–Crippen MR) is 232 cm³/mol. The first kappa shape index (κ1) is 38.5. The third-order valence-corrected chi connectivity index (χ3v) is 29.6. The van der Waals surface area contributed by atoms with E-state index >= 15 is 0 Å².